The fourth-order valence-electron chi connectivity index (χ4n) is 2.81. The summed E-state index contributed by atoms with van der Waals surface area (Å²) in [4.78, 5) is 26.2. The van der Waals surface area contributed by atoms with Gasteiger partial charge >= 0.3 is 0 Å². The Kier molecular flexibility index (Phi) is 3.31. The van der Waals surface area contributed by atoms with Gasteiger partial charge in [-0.05, 0) is 42.9 Å². The summed E-state index contributed by atoms with van der Waals surface area (Å²) in [5.41, 5.74) is 0.173. The zero-order valence-electron chi connectivity index (χ0n) is 10.4. The molecule has 2 heterocycles. The third-order valence-corrected chi connectivity index (χ3v) is 5.39. The van der Waals surface area contributed by atoms with Gasteiger partial charge in [0.05, 0.1) is 11.1 Å². The van der Waals surface area contributed by atoms with Crippen LogP contribution in [0.2, 0.25) is 5.02 Å². The number of amides is 2. The number of carbonyl (C=O) groups excluding carboxylic acids is 2. The Morgan fingerprint density at radius 1 is 1.21 bits per heavy atom. The number of anilines is 1. The minimum Gasteiger partial charge on any atom is -0.274 e. The Morgan fingerprint density at radius 2 is 1.95 bits per heavy atom. The first kappa shape index (κ1) is 13.0. The molecule has 2 saturated heterocycles. The first-order valence-corrected chi connectivity index (χ1v) is 7.86. The van der Waals surface area contributed by atoms with Gasteiger partial charge in [-0.1, -0.05) is 11.6 Å². The number of hydrogen-bond donors (Lipinski definition) is 0. The van der Waals surface area contributed by atoms with Gasteiger partial charge in [0.2, 0.25) is 11.8 Å². The highest BCUT2D eigenvalue weighted by atomic mass is 35.5. The smallest absolute Gasteiger partial charge is 0.241 e. The van der Waals surface area contributed by atoms with E-state index in [2.05, 4.69) is 0 Å². The van der Waals surface area contributed by atoms with Crippen LogP contribution in [0.5, 0.6) is 0 Å². The Hall–Kier alpha value is -1.00. The molecule has 0 bridgehead atoms. The summed E-state index contributed by atoms with van der Waals surface area (Å²) in [5.74, 6) is 1.73. The van der Waals surface area contributed by atoms with Crippen LogP contribution in [0.1, 0.15) is 19.3 Å². The Balaban J connectivity index is 1.92. The van der Waals surface area contributed by atoms with Crippen molar-refractivity contribution in [2.24, 2.45) is 5.41 Å². The van der Waals surface area contributed by atoms with Crippen molar-refractivity contribution < 1.29 is 9.59 Å². The Bertz CT molecular complexity index is 523. The van der Waals surface area contributed by atoms with Crippen LogP contribution in [-0.4, -0.2) is 23.3 Å². The second-order valence-electron chi connectivity index (χ2n) is 5.12. The van der Waals surface area contributed by atoms with Crippen LogP contribution in [0.3, 0.4) is 0 Å². The number of nitrogens with zero attached hydrogens (tertiary/aromatic N) is 1. The third kappa shape index (κ3) is 2.17. The van der Waals surface area contributed by atoms with Gasteiger partial charge < -0.3 is 0 Å². The number of imide groups is 1. The number of halogens is 1. The number of rotatable bonds is 1. The molecule has 2 aliphatic heterocycles. The lowest BCUT2D eigenvalue weighted by molar-refractivity contribution is -0.125. The molecule has 5 heteroatoms. The maximum absolute atomic E-state index is 12.6. The van der Waals surface area contributed by atoms with Crippen molar-refractivity contribution in [3.05, 3.63) is 29.3 Å². The molecule has 2 aliphatic rings. The number of carbonyl (C=O) groups is 2. The van der Waals surface area contributed by atoms with Crippen molar-refractivity contribution in [2.45, 2.75) is 19.3 Å². The van der Waals surface area contributed by atoms with Crippen molar-refractivity contribution in [1.82, 2.24) is 0 Å². The Morgan fingerprint density at radius 3 is 2.58 bits per heavy atom. The molecule has 100 valence electrons. The molecule has 1 atom stereocenters. The van der Waals surface area contributed by atoms with E-state index >= 15 is 0 Å². The first-order valence-electron chi connectivity index (χ1n) is 6.33. The van der Waals surface area contributed by atoms with E-state index in [1.165, 1.54) is 4.90 Å². The van der Waals surface area contributed by atoms with Gasteiger partial charge in [0, 0.05) is 17.2 Å². The molecule has 1 spiro atoms. The van der Waals surface area contributed by atoms with Crippen LogP contribution < -0.4 is 4.90 Å². The van der Waals surface area contributed by atoms with E-state index in [1.54, 1.807) is 36.0 Å². The molecule has 3 nitrogen and oxygen atoms in total. The minimum atomic E-state index is -0.459. The Labute approximate surface area is 121 Å². The SMILES string of the molecule is O=C1CC2(CCCSC2)C(=O)N1c1ccc(Cl)cc1. The highest BCUT2D eigenvalue weighted by Crippen LogP contribution is 2.45. The largest absolute Gasteiger partial charge is 0.274 e. The van der Waals surface area contributed by atoms with E-state index in [0.717, 1.165) is 24.3 Å². The van der Waals surface area contributed by atoms with Crippen LogP contribution in [-0.2, 0) is 9.59 Å². The van der Waals surface area contributed by atoms with E-state index in [9.17, 15) is 9.59 Å². The van der Waals surface area contributed by atoms with Crippen molar-refractivity contribution in [3.63, 3.8) is 0 Å². The lowest BCUT2D eigenvalue weighted by Gasteiger charge is -2.30. The van der Waals surface area contributed by atoms with Gasteiger partial charge in [0.1, 0.15) is 0 Å². The van der Waals surface area contributed by atoms with Crippen LogP contribution in [0.4, 0.5) is 5.69 Å². The normalized spacial score (nSPS) is 27.3. The van der Waals surface area contributed by atoms with Crippen molar-refractivity contribution in [2.75, 3.05) is 16.4 Å². The lowest BCUT2D eigenvalue weighted by Crippen LogP contribution is -2.38. The number of benzene rings is 1. The molecule has 1 aromatic carbocycles. The molecule has 1 aromatic rings. The molecule has 0 saturated carbocycles. The fourth-order valence-corrected chi connectivity index (χ4v) is 4.19. The van der Waals surface area contributed by atoms with Crippen molar-refractivity contribution >= 4 is 40.9 Å². The van der Waals surface area contributed by atoms with E-state index in [1.807, 2.05) is 0 Å². The second kappa shape index (κ2) is 4.84. The van der Waals surface area contributed by atoms with Gasteiger partial charge in [0.15, 0.2) is 0 Å². The molecule has 0 radical (unpaired) electrons. The maximum atomic E-state index is 12.6. The van der Waals surface area contributed by atoms with Crippen LogP contribution in [0.25, 0.3) is 0 Å². The average molecular weight is 296 g/mol. The summed E-state index contributed by atoms with van der Waals surface area (Å²) < 4.78 is 0. The third-order valence-electron chi connectivity index (χ3n) is 3.80. The van der Waals surface area contributed by atoms with E-state index in [0.29, 0.717) is 17.1 Å². The molecule has 19 heavy (non-hydrogen) atoms. The van der Waals surface area contributed by atoms with Crippen LogP contribution in [0.15, 0.2) is 24.3 Å². The first-order chi connectivity index (χ1) is 9.12. The summed E-state index contributed by atoms with van der Waals surface area (Å²) in [6.45, 7) is 0. The van der Waals surface area contributed by atoms with E-state index < -0.39 is 5.41 Å². The lowest BCUT2D eigenvalue weighted by atomic mass is 9.83. The van der Waals surface area contributed by atoms with E-state index in [-0.39, 0.29) is 11.8 Å². The number of hydrogen-bond acceptors (Lipinski definition) is 3. The van der Waals surface area contributed by atoms with Gasteiger partial charge in [-0.25, -0.2) is 0 Å². The standard InChI is InChI=1S/C14H14ClNO2S/c15-10-2-4-11(5-3-10)16-12(17)8-14(13(16)18)6-1-7-19-9-14/h2-5H,1,6-9H2. The fraction of sp³-hybridized carbons (Fsp3) is 0.429. The predicted molar refractivity (Wildman–Crippen MR) is 77.6 cm³/mol. The summed E-state index contributed by atoms with van der Waals surface area (Å²) in [6.07, 6.45) is 2.19. The molecule has 0 N–H and O–H groups in total. The molecule has 3 rings (SSSR count). The van der Waals surface area contributed by atoms with Crippen molar-refractivity contribution in [3.8, 4) is 0 Å². The highest BCUT2D eigenvalue weighted by Gasteiger charge is 2.52. The second-order valence-corrected chi connectivity index (χ2v) is 6.67. The number of thioether (sulfide) groups is 1. The summed E-state index contributed by atoms with van der Waals surface area (Å²) >= 11 is 7.62. The summed E-state index contributed by atoms with van der Waals surface area (Å²) in [6, 6.07) is 6.87. The zero-order valence-corrected chi connectivity index (χ0v) is 12.0. The van der Waals surface area contributed by atoms with Crippen molar-refractivity contribution in [1.29, 1.82) is 0 Å². The molecular weight excluding hydrogens is 282 g/mol. The summed E-state index contributed by atoms with van der Waals surface area (Å²) in [5, 5.41) is 0.603. The van der Waals surface area contributed by atoms with E-state index in [4.69, 9.17) is 11.6 Å². The van der Waals surface area contributed by atoms with Gasteiger partial charge in [-0.2, -0.15) is 11.8 Å². The molecular formula is C14H14ClNO2S. The molecule has 0 aromatic heterocycles. The summed E-state index contributed by atoms with van der Waals surface area (Å²) in [7, 11) is 0. The molecule has 2 amide bonds. The van der Waals surface area contributed by atoms with Gasteiger partial charge in [-0.15, -0.1) is 0 Å². The van der Waals surface area contributed by atoms with Gasteiger partial charge in [0.25, 0.3) is 0 Å². The minimum absolute atomic E-state index is 0.0352. The molecule has 1 unspecified atom stereocenters. The monoisotopic (exact) mass is 295 g/mol. The van der Waals surface area contributed by atoms with Crippen LogP contribution >= 0.6 is 23.4 Å². The van der Waals surface area contributed by atoms with Gasteiger partial charge in [-0.3, -0.25) is 14.5 Å². The van der Waals surface area contributed by atoms with Crippen LogP contribution in [0, 0.1) is 5.41 Å². The highest BCUT2D eigenvalue weighted by molar-refractivity contribution is 7.99. The average Bonchev–Trinajstić information content (AvgIpc) is 2.64. The topological polar surface area (TPSA) is 37.4 Å². The molecule has 2 fully saturated rings. The molecule has 0 aliphatic carbocycles. The quantitative estimate of drug-likeness (QED) is 0.747. The zero-order chi connectivity index (χ0) is 13.5. The predicted octanol–water partition coefficient (Wildman–Crippen LogP) is 3.12. The maximum Gasteiger partial charge on any atom is 0.241 e.